The van der Waals surface area contributed by atoms with Gasteiger partial charge in [0.15, 0.2) is 0 Å². The number of imidazole rings is 1. The number of sulfonamides is 1. The van der Waals surface area contributed by atoms with Gasteiger partial charge in [0.25, 0.3) is 0 Å². The van der Waals surface area contributed by atoms with Crippen molar-refractivity contribution in [2.24, 2.45) is 0 Å². The van der Waals surface area contributed by atoms with Gasteiger partial charge in [-0.1, -0.05) is 22.9 Å². The topological polar surface area (TPSA) is 103 Å². The van der Waals surface area contributed by atoms with E-state index in [0.717, 1.165) is 28.7 Å². The SMILES string of the molecule is CCn1cnc2cc(-c3noc([C@H](C)NS(=O)(=O)c4ccc(C)cc4)n3)ccc21. The molecule has 0 amide bonds. The molecule has 0 unspecified atom stereocenters. The van der Waals surface area contributed by atoms with Crippen molar-refractivity contribution in [3.63, 3.8) is 0 Å². The van der Waals surface area contributed by atoms with Crippen LogP contribution in [0.3, 0.4) is 0 Å². The van der Waals surface area contributed by atoms with E-state index >= 15 is 0 Å². The van der Waals surface area contributed by atoms with E-state index in [1.54, 1.807) is 37.5 Å². The molecular formula is C20H21N5O3S. The highest BCUT2D eigenvalue weighted by Gasteiger charge is 2.23. The molecule has 2 aromatic carbocycles. The summed E-state index contributed by atoms with van der Waals surface area (Å²) in [6.45, 7) is 6.45. The summed E-state index contributed by atoms with van der Waals surface area (Å²) in [5.74, 6) is 0.573. The van der Waals surface area contributed by atoms with Crippen LogP contribution in [0.5, 0.6) is 0 Å². The van der Waals surface area contributed by atoms with E-state index in [0.29, 0.717) is 5.82 Å². The molecule has 0 spiro atoms. The van der Waals surface area contributed by atoms with Crippen molar-refractivity contribution in [3.8, 4) is 11.4 Å². The number of hydrogen-bond donors (Lipinski definition) is 1. The fraction of sp³-hybridized carbons (Fsp3) is 0.250. The summed E-state index contributed by atoms with van der Waals surface area (Å²) in [5, 5.41) is 4.00. The molecule has 9 heteroatoms. The third kappa shape index (κ3) is 3.79. The van der Waals surface area contributed by atoms with Gasteiger partial charge in [-0.3, -0.25) is 0 Å². The maximum absolute atomic E-state index is 12.6. The van der Waals surface area contributed by atoms with Crippen molar-refractivity contribution in [1.82, 2.24) is 24.4 Å². The van der Waals surface area contributed by atoms with Gasteiger partial charge in [-0.05, 0) is 51.1 Å². The predicted molar refractivity (Wildman–Crippen MR) is 109 cm³/mol. The van der Waals surface area contributed by atoms with Gasteiger partial charge in [0, 0.05) is 12.1 Å². The first kappa shape index (κ1) is 19.3. The first-order valence-corrected chi connectivity index (χ1v) is 10.7. The first-order chi connectivity index (χ1) is 13.9. The van der Waals surface area contributed by atoms with Gasteiger partial charge in [-0.2, -0.15) is 9.71 Å². The quantitative estimate of drug-likeness (QED) is 0.521. The molecule has 29 heavy (non-hydrogen) atoms. The van der Waals surface area contributed by atoms with Crippen LogP contribution in [0.25, 0.3) is 22.4 Å². The van der Waals surface area contributed by atoms with E-state index in [-0.39, 0.29) is 10.8 Å². The Bertz CT molecular complexity index is 1260. The average Bonchev–Trinajstić information content (AvgIpc) is 3.34. The molecule has 0 aliphatic carbocycles. The molecule has 8 nitrogen and oxygen atoms in total. The lowest BCUT2D eigenvalue weighted by molar-refractivity contribution is 0.354. The number of fused-ring (bicyclic) bond motifs is 1. The Balaban J connectivity index is 1.56. The van der Waals surface area contributed by atoms with Crippen LogP contribution in [-0.4, -0.2) is 28.1 Å². The summed E-state index contributed by atoms with van der Waals surface area (Å²) >= 11 is 0. The van der Waals surface area contributed by atoms with Gasteiger partial charge in [0.2, 0.25) is 21.7 Å². The third-order valence-corrected chi connectivity index (χ3v) is 6.25. The zero-order valence-electron chi connectivity index (χ0n) is 16.3. The van der Waals surface area contributed by atoms with Crippen molar-refractivity contribution >= 4 is 21.1 Å². The van der Waals surface area contributed by atoms with Gasteiger partial charge in [-0.25, -0.2) is 13.4 Å². The number of benzene rings is 2. The Morgan fingerprint density at radius 2 is 1.93 bits per heavy atom. The number of rotatable bonds is 6. The molecule has 2 aromatic heterocycles. The fourth-order valence-electron chi connectivity index (χ4n) is 3.05. The lowest BCUT2D eigenvalue weighted by Crippen LogP contribution is -2.27. The second-order valence-electron chi connectivity index (χ2n) is 6.85. The first-order valence-electron chi connectivity index (χ1n) is 9.25. The van der Waals surface area contributed by atoms with Gasteiger partial charge in [-0.15, -0.1) is 0 Å². The molecule has 0 aliphatic heterocycles. The Morgan fingerprint density at radius 3 is 2.66 bits per heavy atom. The molecule has 4 rings (SSSR count). The molecule has 0 radical (unpaired) electrons. The standard InChI is InChI=1S/C20H21N5O3S/c1-4-25-12-21-17-11-15(7-10-18(17)25)19-22-20(28-23-19)14(3)24-29(26,27)16-8-5-13(2)6-9-16/h5-12,14,24H,4H2,1-3H3/t14-/m0/s1. The van der Waals surface area contributed by atoms with Crippen molar-refractivity contribution in [2.75, 3.05) is 0 Å². The van der Waals surface area contributed by atoms with Gasteiger partial charge >= 0.3 is 0 Å². The minimum Gasteiger partial charge on any atom is -0.337 e. The average molecular weight is 411 g/mol. The fourth-order valence-corrected chi connectivity index (χ4v) is 4.25. The minimum atomic E-state index is -3.70. The van der Waals surface area contributed by atoms with E-state index in [4.69, 9.17) is 4.52 Å². The Morgan fingerprint density at radius 1 is 1.17 bits per heavy atom. The lowest BCUT2D eigenvalue weighted by atomic mass is 10.2. The molecule has 0 saturated carbocycles. The highest BCUT2D eigenvalue weighted by atomic mass is 32.2. The summed E-state index contributed by atoms with van der Waals surface area (Å²) in [7, 11) is -3.70. The van der Waals surface area contributed by atoms with Gasteiger partial charge in [0.1, 0.15) is 0 Å². The number of aryl methyl sites for hydroxylation is 2. The summed E-state index contributed by atoms with van der Waals surface area (Å²) in [6, 6.07) is 11.7. The minimum absolute atomic E-state index is 0.187. The van der Waals surface area contributed by atoms with Gasteiger partial charge in [0.05, 0.1) is 28.3 Å². The Kier molecular flexibility index (Phi) is 4.93. The lowest BCUT2D eigenvalue weighted by Gasteiger charge is -2.10. The Hall–Kier alpha value is -3.04. The maximum Gasteiger partial charge on any atom is 0.244 e. The summed E-state index contributed by atoms with van der Waals surface area (Å²) in [4.78, 5) is 8.94. The molecule has 0 saturated heterocycles. The molecular weight excluding hydrogens is 390 g/mol. The summed E-state index contributed by atoms with van der Waals surface area (Å²) in [6.07, 6.45) is 1.79. The van der Waals surface area contributed by atoms with E-state index in [1.807, 2.05) is 29.7 Å². The van der Waals surface area contributed by atoms with Crippen LogP contribution in [-0.2, 0) is 16.6 Å². The summed E-state index contributed by atoms with van der Waals surface area (Å²) < 4.78 is 35.1. The highest BCUT2D eigenvalue weighted by Crippen LogP contribution is 2.24. The number of aromatic nitrogens is 4. The molecule has 1 atom stereocenters. The molecule has 4 aromatic rings. The Labute approximate surface area is 168 Å². The molecule has 0 aliphatic rings. The molecule has 2 heterocycles. The van der Waals surface area contributed by atoms with Crippen LogP contribution in [0, 0.1) is 6.92 Å². The van der Waals surface area contributed by atoms with E-state index in [2.05, 4.69) is 26.8 Å². The monoisotopic (exact) mass is 411 g/mol. The zero-order valence-corrected chi connectivity index (χ0v) is 17.1. The smallest absolute Gasteiger partial charge is 0.244 e. The third-order valence-electron chi connectivity index (χ3n) is 4.70. The number of nitrogens with zero attached hydrogens (tertiary/aromatic N) is 4. The van der Waals surface area contributed by atoms with E-state index in [9.17, 15) is 8.42 Å². The van der Waals surface area contributed by atoms with Gasteiger partial charge < -0.3 is 9.09 Å². The van der Waals surface area contributed by atoms with E-state index in [1.165, 1.54) is 0 Å². The van der Waals surface area contributed by atoms with Crippen LogP contribution in [0.2, 0.25) is 0 Å². The van der Waals surface area contributed by atoms with Crippen LogP contribution in [0.15, 0.2) is 58.2 Å². The van der Waals surface area contributed by atoms with Crippen LogP contribution in [0.4, 0.5) is 0 Å². The van der Waals surface area contributed by atoms with Crippen molar-refractivity contribution in [1.29, 1.82) is 0 Å². The second kappa shape index (κ2) is 7.41. The predicted octanol–water partition coefficient (Wildman–Crippen LogP) is 3.45. The van der Waals surface area contributed by atoms with Crippen molar-refractivity contribution < 1.29 is 12.9 Å². The zero-order chi connectivity index (χ0) is 20.6. The van der Waals surface area contributed by atoms with Crippen LogP contribution in [0.1, 0.15) is 31.3 Å². The molecule has 0 bridgehead atoms. The molecule has 150 valence electrons. The maximum atomic E-state index is 12.6. The second-order valence-corrected chi connectivity index (χ2v) is 8.56. The van der Waals surface area contributed by atoms with Crippen LogP contribution < -0.4 is 4.72 Å². The number of hydrogen-bond acceptors (Lipinski definition) is 6. The molecule has 0 fully saturated rings. The summed E-state index contributed by atoms with van der Waals surface area (Å²) in [5.41, 5.74) is 3.60. The van der Waals surface area contributed by atoms with Crippen molar-refractivity contribution in [3.05, 3.63) is 60.2 Å². The van der Waals surface area contributed by atoms with E-state index < -0.39 is 16.1 Å². The number of nitrogens with one attached hydrogen (secondary N) is 1. The normalized spacial score (nSPS) is 13.1. The van der Waals surface area contributed by atoms with Crippen molar-refractivity contribution in [2.45, 2.75) is 38.3 Å². The van der Waals surface area contributed by atoms with Crippen LogP contribution >= 0.6 is 0 Å². The largest absolute Gasteiger partial charge is 0.337 e. The highest BCUT2D eigenvalue weighted by molar-refractivity contribution is 7.89. The molecule has 1 N–H and O–H groups in total.